The Bertz CT molecular complexity index is 1110. The highest BCUT2D eigenvalue weighted by molar-refractivity contribution is 5.99. The van der Waals surface area contributed by atoms with Crippen molar-refractivity contribution >= 4 is 28.5 Å². The fourth-order valence-corrected chi connectivity index (χ4v) is 3.40. The summed E-state index contributed by atoms with van der Waals surface area (Å²) in [5.41, 5.74) is 2.02. The Morgan fingerprint density at radius 2 is 1.65 bits per heavy atom. The van der Waals surface area contributed by atoms with Gasteiger partial charge in [0, 0.05) is 23.5 Å². The molecule has 0 saturated carbocycles. The van der Waals surface area contributed by atoms with E-state index in [9.17, 15) is 14.4 Å². The molecule has 3 rings (SSSR count). The van der Waals surface area contributed by atoms with E-state index in [1.165, 1.54) is 7.11 Å². The fraction of sp³-hybridized carbons (Fsp3) is 0.292. The lowest BCUT2D eigenvalue weighted by molar-refractivity contribution is -0.145. The van der Waals surface area contributed by atoms with Crippen molar-refractivity contribution in [3.63, 3.8) is 0 Å². The minimum Gasteiger partial charge on any atom is -0.482 e. The SMILES string of the molecule is COC(=O)CCn1c(C)cc(C(=O)COC(=O)COc2ccc3ccccc3c2)c1C. The van der Waals surface area contributed by atoms with Crippen LogP contribution in [-0.4, -0.2) is 42.6 Å². The van der Waals surface area contributed by atoms with E-state index in [1.54, 1.807) is 19.1 Å². The second-order valence-electron chi connectivity index (χ2n) is 7.14. The lowest BCUT2D eigenvalue weighted by atomic mass is 10.1. The minimum atomic E-state index is -0.624. The van der Waals surface area contributed by atoms with Crippen molar-refractivity contribution in [3.8, 4) is 5.75 Å². The van der Waals surface area contributed by atoms with Crippen LogP contribution in [0.15, 0.2) is 48.5 Å². The van der Waals surface area contributed by atoms with Gasteiger partial charge in [-0.2, -0.15) is 0 Å². The molecule has 0 unspecified atom stereocenters. The summed E-state index contributed by atoms with van der Waals surface area (Å²) < 4.78 is 17.1. The summed E-state index contributed by atoms with van der Waals surface area (Å²) in [6.45, 7) is 3.40. The molecule has 31 heavy (non-hydrogen) atoms. The molecule has 7 nitrogen and oxygen atoms in total. The Labute approximate surface area is 180 Å². The molecule has 0 saturated heterocycles. The number of methoxy groups -OCH3 is 1. The van der Waals surface area contributed by atoms with Crippen molar-refractivity contribution in [1.82, 2.24) is 4.57 Å². The number of fused-ring (bicyclic) bond motifs is 1. The molecule has 0 atom stereocenters. The summed E-state index contributed by atoms with van der Waals surface area (Å²) in [7, 11) is 1.34. The molecule has 162 valence electrons. The van der Waals surface area contributed by atoms with Crippen LogP contribution in [0.3, 0.4) is 0 Å². The first-order valence-electron chi connectivity index (χ1n) is 9.93. The van der Waals surface area contributed by atoms with Crippen LogP contribution in [0.1, 0.15) is 28.2 Å². The molecule has 7 heteroatoms. The molecule has 0 fully saturated rings. The molecule has 2 aromatic carbocycles. The molecule has 1 aromatic heterocycles. The summed E-state index contributed by atoms with van der Waals surface area (Å²) in [5, 5.41) is 2.08. The van der Waals surface area contributed by atoms with Crippen LogP contribution < -0.4 is 4.74 Å². The van der Waals surface area contributed by atoms with E-state index in [1.807, 2.05) is 47.9 Å². The molecule has 0 aliphatic rings. The highest BCUT2D eigenvalue weighted by atomic mass is 16.6. The number of nitrogens with zero attached hydrogens (tertiary/aromatic N) is 1. The number of Topliss-reactive ketones (excluding diaryl/α,β-unsaturated/α-hetero) is 1. The highest BCUT2D eigenvalue weighted by Crippen LogP contribution is 2.20. The third-order valence-corrected chi connectivity index (χ3v) is 5.08. The number of aromatic nitrogens is 1. The van der Waals surface area contributed by atoms with Gasteiger partial charge in [-0.15, -0.1) is 0 Å². The summed E-state index contributed by atoms with van der Waals surface area (Å²) >= 11 is 0. The average Bonchev–Trinajstić information content (AvgIpc) is 3.07. The molecule has 3 aromatic rings. The van der Waals surface area contributed by atoms with Gasteiger partial charge in [-0.1, -0.05) is 30.3 Å². The van der Waals surface area contributed by atoms with E-state index in [2.05, 4.69) is 4.74 Å². The van der Waals surface area contributed by atoms with Crippen molar-refractivity contribution in [3.05, 3.63) is 65.5 Å². The molecule has 0 bridgehead atoms. The van der Waals surface area contributed by atoms with Crippen LogP contribution in [0.2, 0.25) is 0 Å². The van der Waals surface area contributed by atoms with E-state index in [-0.39, 0.29) is 31.4 Å². The normalized spacial score (nSPS) is 10.7. The number of aryl methyl sites for hydroxylation is 1. The number of hydrogen-bond acceptors (Lipinski definition) is 6. The van der Waals surface area contributed by atoms with Gasteiger partial charge in [0.1, 0.15) is 5.75 Å². The smallest absolute Gasteiger partial charge is 0.344 e. The van der Waals surface area contributed by atoms with Crippen molar-refractivity contribution in [2.75, 3.05) is 20.3 Å². The quantitative estimate of drug-likeness (QED) is 0.386. The van der Waals surface area contributed by atoms with Crippen molar-refractivity contribution in [2.24, 2.45) is 0 Å². The molecule has 0 aliphatic carbocycles. The van der Waals surface area contributed by atoms with Crippen LogP contribution >= 0.6 is 0 Å². The second-order valence-corrected chi connectivity index (χ2v) is 7.14. The Morgan fingerprint density at radius 3 is 2.39 bits per heavy atom. The number of ether oxygens (including phenoxy) is 3. The van der Waals surface area contributed by atoms with Gasteiger partial charge in [-0.05, 0) is 42.8 Å². The monoisotopic (exact) mass is 423 g/mol. The Morgan fingerprint density at radius 1 is 0.903 bits per heavy atom. The average molecular weight is 423 g/mol. The summed E-state index contributed by atoms with van der Waals surface area (Å²) in [6.07, 6.45) is 0.210. The first-order valence-corrected chi connectivity index (χ1v) is 9.93. The molecule has 0 spiro atoms. The number of rotatable bonds is 9. The van der Waals surface area contributed by atoms with E-state index in [0.29, 0.717) is 17.9 Å². The first-order chi connectivity index (χ1) is 14.9. The van der Waals surface area contributed by atoms with Crippen LogP contribution in [0.4, 0.5) is 0 Å². The molecule has 0 aliphatic heterocycles. The van der Waals surface area contributed by atoms with Gasteiger partial charge in [0.25, 0.3) is 0 Å². The van der Waals surface area contributed by atoms with Crippen LogP contribution in [-0.2, 0) is 25.6 Å². The fourth-order valence-electron chi connectivity index (χ4n) is 3.40. The standard InChI is InChI=1S/C24H25NO6/c1-16-12-21(17(2)25(16)11-10-23(27)29-3)22(26)14-31-24(28)15-30-20-9-8-18-6-4-5-7-19(18)13-20/h4-9,12-13H,10-11,14-15H2,1-3H3. The van der Waals surface area contributed by atoms with Gasteiger partial charge in [-0.3, -0.25) is 9.59 Å². The molecular formula is C24H25NO6. The van der Waals surface area contributed by atoms with E-state index in [4.69, 9.17) is 9.47 Å². The number of carbonyl (C=O) groups is 3. The molecule has 0 N–H and O–H groups in total. The van der Waals surface area contributed by atoms with E-state index < -0.39 is 5.97 Å². The van der Waals surface area contributed by atoms with E-state index in [0.717, 1.165) is 22.2 Å². The zero-order valence-electron chi connectivity index (χ0n) is 17.8. The topological polar surface area (TPSA) is 83.8 Å². The zero-order chi connectivity index (χ0) is 22.4. The number of carbonyl (C=O) groups excluding carboxylic acids is 3. The first kappa shape index (κ1) is 22.1. The van der Waals surface area contributed by atoms with Gasteiger partial charge in [-0.25, -0.2) is 4.79 Å². The zero-order valence-corrected chi connectivity index (χ0v) is 17.8. The third-order valence-electron chi connectivity index (χ3n) is 5.08. The predicted molar refractivity (Wildman–Crippen MR) is 115 cm³/mol. The van der Waals surface area contributed by atoms with Gasteiger partial charge in [0.05, 0.1) is 13.5 Å². The van der Waals surface area contributed by atoms with Crippen LogP contribution in [0, 0.1) is 13.8 Å². The maximum absolute atomic E-state index is 12.5. The molecular weight excluding hydrogens is 398 g/mol. The summed E-state index contributed by atoms with van der Waals surface area (Å²) in [5.74, 6) is -0.700. The Kier molecular flexibility index (Phi) is 7.07. The maximum Gasteiger partial charge on any atom is 0.344 e. The summed E-state index contributed by atoms with van der Waals surface area (Å²) in [6, 6.07) is 15.1. The summed E-state index contributed by atoms with van der Waals surface area (Å²) in [4.78, 5) is 35.9. The number of benzene rings is 2. The molecule has 0 radical (unpaired) electrons. The van der Waals surface area contributed by atoms with Gasteiger partial charge < -0.3 is 18.8 Å². The van der Waals surface area contributed by atoms with Gasteiger partial charge >= 0.3 is 11.9 Å². The maximum atomic E-state index is 12.5. The van der Waals surface area contributed by atoms with Crippen molar-refractivity contribution in [1.29, 1.82) is 0 Å². The Hall–Kier alpha value is -3.61. The Balaban J connectivity index is 1.52. The van der Waals surface area contributed by atoms with Crippen LogP contribution in [0.25, 0.3) is 10.8 Å². The largest absolute Gasteiger partial charge is 0.482 e. The number of hydrogen-bond donors (Lipinski definition) is 0. The third kappa shape index (κ3) is 5.51. The number of esters is 2. The van der Waals surface area contributed by atoms with E-state index >= 15 is 0 Å². The molecule has 1 heterocycles. The van der Waals surface area contributed by atoms with Gasteiger partial charge in [0.15, 0.2) is 13.2 Å². The number of ketones is 1. The predicted octanol–water partition coefficient (Wildman–Crippen LogP) is 3.63. The van der Waals surface area contributed by atoms with Gasteiger partial charge in [0.2, 0.25) is 5.78 Å². The van der Waals surface area contributed by atoms with Crippen LogP contribution in [0.5, 0.6) is 5.75 Å². The minimum absolute atomic E-state index is 0.210. The van der Waals surface area contributed by atoms with Crippen molar-refractivity contribution in [2.45, 2.75) is 26.8 Å². The van der Waals surface area contributed by atoms with Crippen molar-refractivity contribution < 1.29 is 28.6 Å². The lowest BCUT2D eigenvalue weighted by Crippen LogP contribution is -2.20. The molecule has 0 amide bonds. The second kappa shape index (κ2) is 9.93. The lowest BCUT2D eigenvalue weighted by Gasteiger charge is -2.09. The highest BCUT2D eigenvalue weighted by Gasteiger charge is 2.18.